The van der Waals surface area contributed by atoms with E-state index in [0.29, 0.717) is 12.8 Å². The number of hydrogen-bond donors (Lipinski definition) is 5. The fraction of sp³-hybridized carbons (Fsp3) is 0.905. The normalized spacial score (nSPS) is 12.7. The first kappa shape index (κ1) is 27.9. The van der Waals surface area contributed by atoms with Gasteiger partial charge in [0.1, 0.15) is 0 Å². The third kappa shape index (κ3) is 20.0. The molecule has 29 heavy (non-hydrogen) atoms. The van der Waals surface area contributed by atoms with E-state index in [1.807, 2.05) is 0 Å². The number of aliphatic hydroxyl groups is 5. The number of rotatable bonds is 19. The van der Waals surface area contributed by atoms with Gasteiger partial charge in [-0.25, -0.2) is 4.79 Å². The Kier molecular flexibility index (Phi) is 17.1. The van der Waals surface area contributed by atoms with Crippen molar-refractivity contribution in [3.63, 3.8) is 0 Å². The van der Waals surface area contributed by atoms with E-state index in [9.17, 15) is 9.59 Å². The van der Waals surface area contributed by atoms with Crippen LogP contribution >= 0.6 is 0 Å². The molecule has 0 aliphatic heterocycles. The quantitative estimate of drug-likeness (QED) is 0.0926. The van der Waals surface area contributed by atoms with Crippen LogP contribution in [0.2, 0.25) is 0 Å². The number of unbranched alkanes of at least 4 members (excludes halogenated alkanes) is 13. The lowest BCUT2D eigenvalue weighted by molar-refractivity contribution is -0.315. The van der Waals surface area contributed by atoms with E-state index in [-0.39, 0.29) is 12.8 Å². The number of carbonyl (C=O) groups excluding carboxylic acids is 2. The fourth-order valence-electron chi connectivity index (χ4n) is 3.06. The molecule has 5 N–H and O–H groups in total. The summed E-state index contributed by atoms with van der Waals surface area (Å²) in [5, 5.41) is 43.9. The Morgan fingerprint density at radius 3 is 1.45 bits per heavy atom. The highest BCUT2D eigenvalue weighted by Gasteiger charge is 2.18. The van der Waals surface area contributed by atoms with E-state index in [4.69, 9.17) is 25.5 Å². The second kappa shape index (κ2) is 17.8. The maximum absolute atomic E-state index is 11.4. The zero-order valence-corrected chi connectivity index (χ0v) is 17.6. The molecular formula is C21H40O8. The molecule has 1 unspecified atom stereocenters. The predicted octanol–water partition coefficient (Wildman–Crippen LogP) is 2.28. The van der Waals surface area contributed by atoms with Gasteiger partial charge in [-0.1, -0.05) is 77.0 Å². The second-order valence-corrected chi connectivity index (χ2v) is 7.72. The molecule has 0 aliphatic rings. The number of esters is 2. The molecule has 0 radical (unpaired) electrons. The van der Waals surface area contributed by atoms with E-state index >= 15 is 0 Å². The van der Waals surface area contributed by atoms with E-state index in [0.717, 1.165) is 38.5 Å². The Morgan fingerprint density at radius 1 is 0.690 bits per heavy atom. The van der Waals surface area contributed by atoms with Crippen LogP contribution in [-0.2, 0) is 14.3 Å². The first-order chi connectivity index (χ1) is 13.8. The molecule has 172 valence electrons. The molecular weight excluding hydrogens is 380 g/mol. The zero-order chi connectivity index (χ0) is 22.0. The molecule has 0 bridgehead atoms. The third-order valence-electron chi connectivity index (χ3n) is 4.80. The van der Waals surface area contributed by atoms with Crippen molar-refractivity contribution in [2.75, 3.05) is 6.61 Å². The summed E-state index contributed by atoms with van der Waals surface area (Å²) < 4.78 is 4.42. The van der Waals surface area contributed by atoms with Crippen LogP contribution in [0.4, 0.5) is 0 Å². The molecule has 0 rings (SSSR count). The second-order valence-electron chi connectivity index (χ2n) is 7.72. The van der Waals surface area contributed by atoms with Crippen LogP contribution in [0.25, 0.3) is 0 Å². The molecule has 0 aromatic heterocycles. The average molecular weight is 421 g/mol. The minimum atomic E-state index is -2.52. The average Bonchev–Trinajstić information content (AvgIpc) is 2.65. The predicted molar refractivity (Wildman–Crippen MR) is 107 cm³/mol. The Morgan fingerprint density at radius 2 is 1.07 bits per heavy atom. The summed E-state index contributed by atoms with van der Waals surface area (Å²) in [6.45, 7) is -0.755. The topological polar surface area (TPSA) is 145 Å². The van der Waals surface area contributed by atoms with Gasteiger partial charge in [0.2, 0.25) is 0 Å². The van der Waals surface area contributed by atoms with Crippen molar-refractivity contribution in [3.05, 3.63) is 0 Å². The Bertz CT molecular complexity index is 419. The first-order valence-electron chi connectivity index (χ1n) is 11.0. The third-order valence-corrected chi connectivity index (χ3v) is 4.80. The number of hydrogen-bond acceptors (Lipinski definition) is 8. The van der Waals surface area contributed by atoms with Crippen LogP contribution in [0, 0.1) is 0 Å². The first-order valence-corrected chi connectivity index (χ1v) is 11.0. The highest BCUT2D eigenvalue weighted by Crippen LogP contribution is 2.15. The Balaban J connectivity index is 3.26. The van der Waals surface area contributed by atoms with Gasteiger partial charge in [-0.3, -0.25) is 4.79 Å². The molecule has 0 heterocycles. The van der Waals surface area contributed by atoms with Gasteiger partial charge in [0.15, 0.2) is 6.10 Å². The monoisotopic (exact) mass is 420 g/mol. The molecule has 0 saturated carbocycles. The largest absolute Gasteiger partial charge is 0.393 e. The summed E-state index contributed by atoms with van der Waals surface area (Å²) >= 11 is 0. The van der Waals surface area contributed by atoms with Crippen molar-refractivity contribution in [2.24, 2.45) is 0 Å². The summed E-state index contributed by atoms with van der Waals surface area (Å²) in [5.74, 6) is -4.28. The van der Waals surface area contributed by atoms with Crippen molar-refractivity contribution < 1.29 is 39.9 Å². The van der Waals surface area contributed by atoms with Crippen LogP contribution in [-0.4, -0.2) is 56.2 Å². The van der Waals surface area contributed by atoms with E-state index in [1.54, 1.807) is 0 Å². The standard InChI is InChI=1S/C21H40O8/c22-17-18(23)20(25)29-19(24)15-13-11-9-7-5-3-1-2-4-6-8-10-12-14-16-21(26,27)28/h18,22-23,26-28H,1-17H2. The molecule has 0 saturated heterocycles. The minimum absolute atomic E-state index is 0.00548. The van der Waals surface area contributed by atoms with Crippen molar-refractivity contribution in [2.45, 2.75) is 115 Å². The molecule has 0 fully saturated rings. The smallest absolute Gasteiger partial charge is 0.345 e. The molecule has 0 aromatic rings. The van der Waals surface area contributed by atoms with Crippen LogP contribution in [0.3, 0.4) is 0 Å². The van der Waals surface area contributed by atoms with Crippen LogP contribution in [0.15, 0.2) is 0 Å². The highest BCUT2D eigenvalue weighted by molar-refractivity contribution is 5.87. The summed E-state index contributed by atoms with van der Waals surface area (Å²) in [7, 11) is 0. The van der Waals surface area contributed by atoms with Crippen molar-refractivity contribution in [3.8, 4) is 0 Å². The molecule has 8 heteroatoms. The van der Waals surface area contributed by atoms with Gasteiger partial charge in [-0.15, -0.1) is 0 Å². The molecule has 0 spiro atoms. The van der Waals surface area contributed by atoms with Crippen LogP contribution < -0.4 is 0 Å². The van der Waals surface area contributed by atoms with E-state index in [1.165, 1.54) is 38.5 Å². The fourth-order valence-corrected chi connectivity index (χ4v) is 3.06. The van der Waals surface area contributed by atoms with Gasteiger partial charge < -0.3 is 30.3 Å². The SMILES string of the molecule is O=C(CCCCCCCCCCCCCCCCC(O)(O)O)OC(=O)C(O)CO. The van der Waals surface area contributed by atoms with Gasteiger partial charge in [0.05, 0.1) is 6.61 Å². The highest BCUT2D eigenvalue weighted by atomic mass is 16.7. The lowest BCUT2D eigenvalue weighted by Crippen LogP contribution is -2.28. The maximum atomic E-state index is 11.4. The summed E-state index contributed by atoms with van der Waals surface area (Å²) in [4.78, 5) is 22.5. The Labute approximate surface area is 173 Å². The van der Waals surface area contributed by atoms with E-state index < -0.39 is 30.6 Å². The van der Waals surface area contributed by atoms with E-state index in [2.05, 4.69) is 4.74 Å². The van der Waals surface area contributed by atoms with Gasteiger partial charge in [0.25, 0.3) is 5.97 Å². The van der Waals surface area contributed by atoms with Crippen LogP contribution in [0.1, 0.15) is 103 Å². The van der Waals surface area contributed by atoms with Crippen molar-refractivity contribution in [1.82, 2.24) is 0 Å². The van der Waals surface area contributed by atoms with Gasteiger partial charge in [-0.05, 0) is 12.8 Å². The van der Waals surface area contributed by atoms with Crippen LogP contribution in [0.5, 0.6) is 0 Å². The zero-order valence-electron chi connectivity index (χ0n) is 17.6. The number of carbonyl (C=O) groups is 2. The summed E-state index contributed by atoms with van der Waals surface area (Å²) in [6.07, 6.45) is 13.2. The summed E-state index contributed by atoms with van der Waals surface area (Å²) in [5.41, 5.74) is 0. The summed E-state index contributed by atoms with van der Waals surface area (Å²) in [6, 6.07) is 0. The number of ether oxygens (including phenoxy) is 1. The van der Waals surface area contributed by atoms with Gasteiger partial charge in [0, 0.05) is 12.8 Å². The lowest BCUT2D eigenvalue weighted by Gasteiger charge is -2.12. The number of aliphatic hydroxyl groups excluding tert-OH is 2. The molecule has 0 amide bonds. The lowest BCUT2D eigenvalue weighted by atomic mass is 10.0. The minimum Gasteiger partial charge on any atom is -0.393 e. The molecule has 0 aliphatic carbocycles. The van der Waals surface area contributed by atoms with Crippen molar-refractivity contribution >= 4 is 11.9 Å². The van der Waals surface area contributed by atoms with Gasteiger partial charge in [-0.2, -0.15) is 0 Å². The van der Waals surface area contributed by atoms with Gasteiger partial charge >= 0.3 is 11.9 Å². The molecule has 0 aromatic carbocycles. The molecule has 1 atom stereocenters. The molecule has 8 nitrogen and oxygen atoms in total. The Hall–Kier alpha value is -1.06. The van der Waals surface area contributed by atoms with Crippen molar-refractivity contribution in [1.29, 1.82) is 0 Å². The maximum Gasteiger partial charge on any atom is 0.345 e.